The molecule has 2 aliphatic heterocycles. The third-order valence-electron chi connectivity index (χ3n) is 7.58. The average molecular weight is 691 g/mol. The van der Waals surface area contributed by atoms with Crippen molar-refractivity contribution in [3.63, 3.8) is 0 Å². The molecule has 5 rings (SSSR count). The number of piperidine rings is 1. The van der Waals surface area contributed by atoms with E-state index in [-0.39, 0.29) is 12.3 Å². The largest absolute Gasteiger partial charge is 0.416 e. The molecule has 1 amide bonds. The van der Waals surface area contributed by atoms with Gasteiger partial charge < -0.3 is 10.1 Å². The lowest BCUT2D eigenvalue weighted by atomic mass is 9.94. The number of halogens is 5. The zero-order valence-corrected chi connectivity index (χ0v) is 27.1. The number of rotatable bonds is 10. The normalized spacial score (nSPS) is 16.7. The number of hydrazine groups is 1. The van der Waals surface area contributed by atoms with Crippen molar-refractivity contribution in [3.05, 3.63) is 85.5 Å². The second-order valence-corrected chi connectivity index (χ2v) is 13.0. The molecule has 2 aromatic carbocycles. The van der Waals surface area contributed by atoms with Crippen LogP contribution in [0.2, 0.25) is 10.0 Å². The topological polar surface area (TPSA) is 89.8 Å². The maximum Gasteiger partial charge on any atom is 0.416 e. The molecule has 2 fully saturated rings. The van der Waals surface area contributed by atoms with Crippen LogP contribution in [0.25, 0.3) is 0 Å². The molecule has 1 aromatic heterocycles. The van der Waals surface area contributed by atoms with Gasteiger partial charge in [0.2, 0.25) is 0 Å². The Bertz CT molecular complexity index is 1640. The van der Waals surface area contributed by atoms with E-state index in [4.69, 9.17) is 38.3 Å². The molecule has 2 saturated heterocycles. The molecule has 0 saturated carbocycles. The van der Waals surface area contributed by atoms with Crippen molar-refractivity contribution in [2.24, 2.45) is 16.8 Å². The minimum absolute atomic E-state index is 0.155. The number of aliphatic imine (C=N–C) groups is 1. The Morgan fingerprint density at radius 2 is 1.80 bits per heavy atom. The van der Waals surface area contributed by atoms with Crippen molar-refractivity contribution >= 4 is 57.6 Å². The van der Waals surface area contributed by atoms with Crippen LogP contribution in [0.15, 0.2) is 59.6 Å². The molecule has 0 spiro atoms. The highest BCUT2D eigenvalue weighted by atomic mass is 35.5. The fraction of sp³-hybridized carbons (Fsp3) is 0.364. The first-order valence-corrected chi connectivity index (χ1v) is 16.4. The van der Waals surface area contributed by atoms with Gasteiger partial charge in [0.15, 0.2) is 0 Å². The van der Waals surface area contributed by atoms with Gasteiger partial charge in [-0.2, -0.15) is 13.2 Å². The van der Waals surface area contributed by atoms with Gasteiger partial charge >= 0.3 is 6.18 Å². The van der Waals surface area contributed by atoms with Crippen LogP contribution in [-0.4, -0.2) is 61.7 Å². The quantitative estimate of drug-likeness (QED) is 0.158. The highest BCUT2D eigenvalue weighted by Crippen LogP contribution is 2.32. The molecule has 0 bridgehead atoms. The lowest BCUT2D eigenvalue weighted by Crippen LogP contribution is -2.51. The van der Waals surface area contributed by atoms with Crippen LogP contribution >= 0.6 is 34.5 Å². The zero-order chi connectivity index (χ0) is 32.7. The number of ether oxygens (including phenoxy) is 1. The SMILES string of the molecule is N=C(C(=O)NN1CCCCC1)C(CNCC1COC1)C(=Nc1ccc(Cl)cc1Cl)c1ccc(C#Cc2ccc(C(F)(F)F)cc2)s1. The first-order valence-electron chi connectivity index (χ1n) is 14.8. The lowest BCUT2D eigenvalue weighted by Gasteiger charge is -2.29. The standard InChI is InChI=1S/C33H32Cl2F3N5O2S/c34-24-9-12-28(27(35)16-24)41-31(29-13-11-25(46-29)10-6-21-4-7-23(8-5-21)33(36,37)38)26(18-40-17-22-19-45-20-22)30(39)32(44)42-43-14-2-1-3-15-43/h4-5,7-9,11-13,16,22,26,39-40H,1-3,14-15,17-20H2,(H,42,44). The summed E-state index contributed by atoms with van der Waals surface area (Å²) in [5.41, 5.74) is 3.31. The van der Waals surface area contributed by atoms with Crippen LogP contribution in [0.1, 0.15) is 40.1 Å². The number of alkyl halides is 3. The third kappa shape index (κ3) is 9.18. The number of nitrogens with zero attached hydrogens (tertiary/aromatic N) is 2. The fourth-order valence-corrected chi connectivity index (χ4v) is 6.32. The molecule has 3 heterocycles. The summed E-state index contributed by atoms with van der Waals surface area (Å²) in [5.74, 6) is 5.01. The van der Waals surface area contributed by atoms with E-state index in [1.807, 2.05) is 11.1 Å². The summed E-state index contributed by atoms with van der Waals surface area (Å²) in [6.45, 7) is 3.65. The molecule has 7 nitrogen and oxygen atoms in total. The summed E-state index contributed by atoms with van der Waals surface area (Å²) in [6.07, 6.45) is -1.39. The van der Waals surface area contributed by atoms with Crippen molar-refractivity contribution in [2.75, 3.05) is 39.4 Å². The van der Waals surface area contributed by atoms with Crippen molar-refractivity contribution in [3.8, 4) is 11.8 Å². The van der Waals surface area contributed by atoms with Crippen LogP contribution in [0.3, 0.4) is 0 Å². The molecule has 242 valence electrons. The van der Waals surface area contributed by atoms with Crippen LogP contribution in [0.4, 0.5) is 18.9 Å². The molecular formula is C33H32Cl2F3N5O2S. The number of hydrogen-bond donors (Lipinski definition) is 3. The minimum Gasteiger partial charge on any atom is -0.381 e. The minimum atomic E-state index is -4.42. The summed E-state index contributed by atoms with van der Waals surface area (Å²) in [4.78, 5) is 19.6. The second kappa shape index (κ2) is 15.6. The number of carbonyl (C=O) groups is 1. The number of benzene rings is 2. The number of thiophene rings is 1. The van der Waals surface area contributed by atoms with E-state index in [1.165, 1.54) is 23.5 Å². The Morgan fingerprint density at radius 1 is 1.07 bits per heavy atom. The van der Waals surface area contributed by atoms with Gasteiger partial charge in [-0.1, -0.05) is 41.5 Å². The lowest BCUT2D eigenvalue weighted by molar-refractivity contribution is -0.137. The van der Waals surface area contributed by atoms with E-state index >= 15 is 0 Å². The second-order valence-electron chi connectivity index (χ2n) is 11.1. The molecule has 3 N–H and O–H groups in total. The Hall–Kier alpha value is -3.24. The molecular weight excluding hydrogens is 658 g/mol. The molecule has 46 heavy (non-hydrogen) atoms. The van der Waals surface area contributed by atoms with Gasteiger partial charge in [0.1, 0.15) is 5.71 Å². The summed E-state index contributed by atoms with van der Waals surface area (Å²) in [7, 11) is 0. The van der Waals surface area contributed by atoms with Crippen molar-refractivity contribution in [1.29, 1.82) is 5.41 Å². The summed E-state index contributed by atoms with van der Waals surface area (Å²) in [5, 5.41) is 15.1. The number of amides is 1. The average Bonchev–Trinajstić information content (AvgIpc) is 3.48. The van der Waals surface area contributed by atoms with E-state index in [1.54, 1.807) is 24.3 Å². The van der Waals surface area contributed by atoms with E-state index < -0.39 is 23.6 Å². The van der Waals surface area contributed by atoms with Gasteiger partial charge in [0, 0.05) is 42.7 Å². The molecule has 0 radical (unpaired) electrons. The zero-order valence-electron chi connectivity index (χ0n) is 24.7. The van der Waals surface area contributed by atoms with Crippen molar-refractivity contribution in [2.45, 2.75) is 25.4 Å². The van der Waals surface area contributed by atoms with Gasteiger partial charge in [-0.3, -0.25) is 15.6 Å². The van der Waals surface area contributed by atoms with Crippen molar-refractivity contribution in [1.82, 2.24) is 15.8 Å². The Labute approximate surface area is 279 Å². The number of hydrogen-bond acceptors (Lipinski definition) is 7. The smallest absolute Gasteiger partial charge is 0.381 e. The Kier molecular flexibility index (Phi) is 11.5. The van der Waals surface area contributed by atoms with Gasteiger partial charge in [-0.15, -0.1) is 11.3 Å². The number of carbonyl (C=O) groups excluding carboxylic acids is 1. The maximum atomic E-state index is 13.5. The van der Waals surface area contributed by atoms with Gasteiger partial charge in [0.25, 0.3) is 5.91 Å². The summed E-state index contributed by atoms with van der Waals surface area (Å²) in [6, 6.07) is 13.2. The molecule has 2 aliphatic rings. The summed E-state index contributed by atoms with van der Waals surface area (Å²) >= 11 is 14.0. The Balaban J connectivity index is 1.47. The first kappa shape index (κ1) is 34.1. The molecule has 0 aliphatic carbocycles. The highest BCUT2D eigenvalue weighted by molar-refractivity contribution is 7.14. The highest BCUT2D eigenvalue weighted by Gasteiger charge is 2.31. The van der Waals surface area contributed by atoms with E-state index in [2.05, 4.69) is 22.6 Å². The maximum absolute atomic E-state index is 13.5. The van der Waals surface area contributed by atoms with Gasteiger partial charge in [-0.05, 0) is 67.4 Å². The van der Waals surface area contributed by atoms with Crippen LogP contribution in [0.5, 0.6) is 0 Å². The van der Waals surface area contributed by atoms with Gasteiger partial charge in [0.05, 0.1) is 50.9 Å². The molecule has 1 unspecified atom stereocenters. The predicted octanol–water partition coefficient (Wildman–Crippen LogP) is 6.98. The molecule has 3 aromatic rings. The van der Waals surface area contributed by atoms with Crippen molar-refractivity contribution < 1.29 is 22.7 Å². The third-order valence-corrected chi connectivity index (χ3v) is 9.14. The van der Waals surface area contributed by atoms with Gasteiger partial charge in [-0.25, -0.2) is 10.0 Å². The van der Waals surface area contributed by atoms with E-state index in [9.17, 15) is 18.0 Å². The van der Waals surface area contributed by atoms with E-state index in [0.29, 0.717) is 62.4 Å². The predicted molar refractivity (Wildman–Crippen MR) is 176 cm³/mol. The van der Waals surface area contributed by atoms with E-state index in [0.717, 1.165) is 44.5 Å². The first-order chi connectivity index (χ1) is 22.1. The number of nitrogens with one attached hydrogen (secondary N) is 3. The monoisotopic (exact) mass is 689 g/mol. The molecule has 13 heteroatoms. The summed E-state index contributed by atoms with van der Waals surface area (Å²) < 4.78 is 44.2. The molecule has 1 atom stereocenters. The fourth-order valence-electron chi connectivity index (χ4n) is 4.96. The Morgan fingerprint density at radius 3 is 2.46 bits per heavy atom. The van der Waals surface area contributed by atoms with Crippen LogP contribution in [0, 0.1) is 29.1 Å². The van der Waals surface area contributed by atoms with Crippen LogP contribution in [-0.2, 0) is 15.7 Å². The van der Waals surface area contributed by atoms with Crippen LogP contribution < -0.4 is 10.7 Å².